The number of nitrogens with one attached hydrogen (secondary N) is 2. The number of hydrogen-bond donors (Lipinski definition) is 2. The topological polar surface area (TPSA) is 70.7 Å². The molecular formula is C19H23N3O3S2. The lowest BCUT2D eigenvalue weighted by atomic mass is 10.1. The molecule has 0 aromatic heterocycles. The van der Waals surface area contributed by atoms with Crippen molar-refractivity contribution in [1.29, 1.82) is 0 Å². The molecule has 3 rings (SSSR count). The molecule has 6 nitrogen and oxygen atoms in total. The second-order valence-corrected chi connectivity index (χ2v) is 8.78. The minimum absolute atomic E-state index is 0.267. The average Bonchev–Trinajstić information content (AvgIpc) is 2.66. The average molecular weight is 406 g/mol. The summed E-state index contributed by atoms with van der Waals surface area (Å²) in [6.07, 6.45) is 0. The Labute approximate surface area is 165 Å². The largest absolute Gasteiger partial charge is 0.379 e. The van der Waals surface area contributed by atoms with Crippen LogP contribution in [0, 0.1) is 13.8 Å². The smallest absolute Gasteiger partial charge is 0.243 e. The molecule has 1 saturated heterocycles. The molecule has 2 N–H and O–H groups in total. The van der Waals surface area contributed by atoms with Gasteiger partial charge < -0.3 is 15.4 Å². The van der Waals surface area contributed by atoms with Gasteiger partial charge in [0, 0.05) is 24.5 Å². The van der Waals surface area contributed by atoms with Gasteiger partial charge in [-0.2, -0.15) is 4.31 Å². The minimum Gasteiger partial charge on any atom is -0.379 e. The van der Waals surface area contributed by atoms with Crippen molar-refractivity contribution in [2.24, 2.45) is 0 Å². The van der Waals surface area contributed by atoms with E-state index in [2.05, 4.69) is 10.6 Å². The highest BCUT2D eigenvalue weighted by atomic mass is 32.2. The van der Waals surface area contributed by atoms with Gasteiger partial charge in [-0.05, 0) is 67.5 Å². The Balaban J connectivity index is 1.66. The number of aryl methyl sites for hydroxylation is 2. The summed E-state index contributed by atoms with van der Waals surface area (Å²) in [4.78, 5) is 0.267. The fourth-order valence-corrected chi connectivity index (χ4v) is 4.44. The number of nitrogens with zero attached hydrogens (tertiary/aromatic N) is 1. The zero-order valence-electron chi connectivity index (χ0n) is 15.4. The molecule has 0 saturated carbocycles. The summed E-state index contributed by atoms with van der Waals surface area (Å²) in [5.74, 6) is 0. The Hall–Kier alpha value is -2.00. The highest BCUT2D eigenvalue weighted by Gasteiger charge is 2.26. The van der Waals surface area contributed by atoms with Crippen molar-refractivity contribution < 1.29 is 13.2 Å². The maximum absolute atomic E-state index is 12.6. The summed E-state index contributed by atoms with van der Waals surface area (Å²) in [5, 5.41) is 6.71. The van der Waals surface area contributed by atoms with Gasteiger partial charge in [0.25, 0.3) is 0 Å². The molecule has 1 fully saturated rings. The number of anilines is 2. The Morgan fingerprint density at radius 2 is 1.70 bits per heavy atom. The predicted octanol–water partition coefficient (Wildman–Crippen LogP) is 3.13. The lowest BCUT2D eigenvalue weighted by Crippen LogP contribution is -2.40. The number of thiocarbonyl (C=S) groups is 1. The van der Waals surface area contributed by atoms with Crippen LogP contribution in [-0.4, -0.2) is 44.1 Å². The van der Waals surface area contributed by atoms with E-state index in [4.69, 9.17) is 17.0 Å². The van der Waals surface area contributed by atoms with Crippen LogP contribution in [0.1, 0.15) is 11.1 Å². The van der Waals surface area contributed by atoms with Crippen molar-refractivity contribution in [3.8, 4) is 0 Å². The van der Waals surface area contributed by atoms with Crippen LogP contribution in [0.2, 0.25) is 0 Å². The number of ether oxygens (including phenoxy) is 1. The van der Waals surface area contributed by atoms with Crippen molar-refractivity contribution >= 4 is 38.7 Å². The standard InChI is InChI=1S/C19H23N3O3S2/c1-14-3-4-15(2)18(13-14)21-19(26)20-16-5-7-17(8-6-16)27(23,24)22-9-11-25-12-10-22/h3-8,13H,9-12H2,1-2H3,(H2,20,21,26). The first kappa shape index (κ1) is 19.8. The summed E-state index contributed by atoms with van der Waals surface area (Å²) < 4.78 is 32.0. The van der Waals surface area contributed by atoms with Gasteiger partial charge in [0.1, 0.15) is 0 Å². The molecule has 27 heavy (non-hydrogen) atoms. The van der Waals surface area contributed by atoms with E-state index in [0.29, 0.717) is 31.4 Å². The molecule has 0 bridgehead atoms. The van der Waals surface area contributed by atoms with Crippen LogP contribution in [0.15, 0.2) is 47.4 Å². The third-order valence-electron chi connectivity index (χ3n) is 4.36. The van der Waals surface area contributed by atoms with Crippen molar-refractivity contribution in [2.75, 3.05) is 36.9 Å². The SMILES string of the molecule is Cc1ccc(C)c(NC(=S)Nc2ccc(S(=O)(=O)N3CCOCC3)cc2)c1. The van der Waals surface area contributed by atoms with E-state index in [1.165, 1.54) is 4.31 Å². The fourth-order valence-electron chi connectivity index (χ4n) is 2.80. The van der Waals surface area contributed by atoms with Gasteiger partial charge in [0.2, 0.25) is 10.0 Å². The minimum atomic E-state index is -3.49. The number of rotatable bonds is 4. The van der Waals surface area contributed by atoms with Crippen LogP contribution in [0.25, 0.3) is 0 Å². The van der Waals surface area contributed by atoms with Crippen LogP contribution in [0.5, 0.6) is 0 Å². The van der Waals surface area contributed by atoms with Crippen molar-refractivity contribution in [2.45, 2.75) is 18.7 Å². The summed E-state index contributed by atoms with van der Waals surface area (Å²) in [6, 6.07) is 12.7. The van der Waals surface area contributed by atoms with E-state index in [0.717, 1.165) is 22.5 Å². The van der Waals surface area contributed by atoms with Crippen LogP contribution in [0.4, 0.5) is 11.4 Å². The van der Waals surface area contributed by atoms with E-state index < -0.39 is 10.0 Å². The fraction of sp³-hybridized carbons (Fsp3) is 0.316. The molecule has 1 aliphatic heterocycles. The Bertz CT molecular complexity index is 922. The highest BCUT2D eigenvalue weighted by Crippen LogP contribution is 2.20. The van der Waals surface area contributed by atoms with E-state index >= 15 is 0 Å². The van der Waals surface area contributed by atoms with Gasteiger partial charge in [0.15, 0.2) is 5.11 Å². The lowest BCUT2D eigenvalue weighted by Gasteiger charge is -2.26. The predicted molar refractivity (Wildman–Crippen MR) is 112 cm³/mol. The van der Waals surface area contributed by atoms with Crippen LogP contribution in [0.3, 0.4) is 0 Å². The summed E-state index contributed by atoms with van der Waals surface area (Å²) in [5.41, 5.74) is 3.90. The van der Waals surface area contributed by atoms with Crippen molar-refractivity contribution in [1.82, 2.24) is 4.31 Å². The Morgan fingerprint density at radius 1 is 1.04 bits per heavy atom. The quantitative estimate of drug-likeness (QED) is 0.762. The molecule has 0 spiro atoms. The van der Waals surface area contributed by atoms with Gasteiger partial charge in [-0.25, -0.2) is 8.42 Å². The van der Waals surface area contributed by atoms with Gasteiger partial charge >= 0.3 is 0 Å². The molecule has 8 heteroatoms. The first-order chi connectivity index (χ1) is 12.9. The molecule has 0 aliphatic carbocycles. The molecule has 1 aliphatic rings. The monoisotopic (exact) mass is 405 g/mol. The maximum Gasteiger partial charge on any atom is 0.243 e. The molecule has 0 radical (unpaired) electrons. The van der Waals surface area contributed by atoms with E-state index in [-0.39, 0.29) is 4.90 Å². The van der Waals surface area contributed by atoms with Crippen LogP contribution >= 0.6 is 12.2 Å². The van der Waals surface area contributed by atoms with Gasteiger partial charge in [-0.15, -0.1) is 0 Å². The molecule has 1 heterocycles. The molecular weight excluding hydrogens is 382 g/mol. The lowest BCUT2D eigenvalue weighted by molar-refractivity contribution is 0.0730. The summed E-state index contributed by atoms with van der Waals surface area (Å²) >= 11 is 5.37. The second kappa shape index (κ2) is 8.35. The summed E-state index contributed by atoms with van der Waals surface area (Å²) in [6.45, 7) is 5.65. The first-order valence-electron chi connectivity index (χ1n) is 8.69. The summed E-state index contributed by atoms with van der Waals surface area (Å²) in [7, 11) is -3.49. The van der Waals surface area contributed by atoms with E-state index in [1.54, 1.807) is 24.3 Å². The van der Waals surface area contributed by atoms with Gasteiger partial charge in [0.05, 0.1) is 18.1 Å². The van der Waals surface area contributed by atoms with Crippen LogP contribution in [-0.2, 0) is 14.8 Å². The van der Waals surface area contributed by atoms with Crippen molar-refractivity contribution in [3.05, 3.63) is 53.6 Å². The number of sulfonamides is 1. The zero-order chi connectivity index (χ0) is 19.4. The third kappa shape index (κ3) is 4.84. The molecule has 144 valence electrons. The molecule has 0 atom stereocenters. The normalized spacial score (nSPS) is 15.3. The van der Waals surface area contributed by atoms with E-state index in [1.807, 2.05) is 32.0 Å². The van der Waals surface area contributed by atoms with Crippen molar-refractivity contribution in [3.63, 3.8) is 0 Å². The van der Waals surface area contributed by atoms with Gasteiger partial charge in [-0.3, -0.25) is 0 Å². The number of morpholine rings is 1. The Kier molecular flexibility index (Phi) is 6.11. The van der Waals surface area contributed by atoms with Gasteiger partial charge in [-0.1, -0.05) is 12.1 Å². The molecule has 2 aromatic carbocycles. The van der Waals surface area contributed by atoms with Crippen LogP contribution < -0.4 is 10.6 Å². The number of benzene rings is 2. The molecule has 0 amide bonds. The number of hydrogen-bond acceptors (Lipinski definition) is 4. The zero-order valence-corrected chi connectivity index (χ0v) is 17.0. The maximum atomic E-state index is 12.6. The van der Waals surface area contributed by atoms with E-state index in [9.17, 15) is 8.42 Å². The second-order valence-electron chi connectivity index (χ2n) is 6.44. The highest BCUT2D eigenvalue weighted by molar-refractivity contribution is 7.89. The first-order valence-corrected chi connectivity index (χ1v) is 10.5. The molecule has 2 aromatic rings. The Morgan fingerprint density at radius 3 is 2.37 bits per heavy atom. The third-order valence-corrected chi connectivity index (χ3v) is 6.48. The molecule has 0 unspecified atom stereocenters.